The standard InChI is InChI=1S/C23H30N2OS/c26-22(16-18-7-4-10-21-19(18)11-15-27-21)25-14-5-8-17-6-3-9-20(23(17)25)24-12-1-2-13-24/h4,7,10-11,15,17,20,23H,1-3,5-6,8-9,12-14,16H2/t17-,20+,23+/m1/s1. The minimum atomic E-state index is 0.356. The zero-order valence-electron chi connectivity index (χ0n) is 16.1. The Kier molecular flexibility index (Phi) is 4.95. The van der Waals surface area contributed by atoms with Gasteiger partial charge in [0, 0.05) is 17.3 Å². The van der Waals surface area contributed by atoms with Gasteiger partial charge in [-0.3, -0.25) is 9.69 Å². The summed E-state index contributed by atoms with van der Waals surface area (Å²) in [5, 5.41) is 3.41. The lowest BCUT2D eigenvalue weighted by molar-refractivity contribution is -0.139. The second-order valence-corrected chi connectivity index (χ2v) is 9.60. The molecule has 0 spiro atoms. The van der Waals surface area contributed by atoms with Crippen LogP contribution in [0.15, 0.2) is 29.6 Å². The van der Waals surface area contributed by atoms with Crippen molar-refractivity contribution in [2.24, 2.45) is 5.92 Å². The lowest BCUT2D eigenvalue weighted by Crippen LogP contribution is -2.60. The highest BCUT2D eigenvalue weighted by Crippen LogP contribution is 2.39. The van der Waals surface area contributed by atoms with E-state index in [0.29, 0.717) is 24.4 Å². The first kappa shape index (κ1) is 17.7. The predicted octanol–water partition coefficient (Wildman–Crippen LogP) is 4.70. The summed E-state index contributed by atoms with van der Waals surface area (Å²) in [4.78, 5) is 18.5. The second-order valence-electron chi connectivity index (χ2n) is 8.65. The Balaban J connectivity index is 1.40. The molecule has 2 aliphatic heterocycles. The molecule has 1 saturated carbocycles. The number of fused-ring (bicyclic) bond motifs is 2. The summed E-state index contributed by atoms with van der Waals surface area (Å²) in [7, 11) is 0. The van der Waals surface area contributed by atoms with E-state index in [1.54, 1.807) is 11.3 Å². The van der Waals surface area contributed by atoms with Crippen molar-refractivity contribution in [3.05, 3.63) is 35.2 Å². The molecule has 1 amide bonds. The first-order valence-electron chi connectivity index (χ1n) is 10.8. The molecule has 1 aromatic carbocycles. The smallest absolute Gasteiger partial charge is 0.227 e. The van der Waals surface area contributed by atoms with Crippen molar-refractivity contribution >= 4 is 27.3 Å². The summed E-state index contributed by atoms with van der Waals surface area (Å²) >= 11 is 1.77. The summed E-state index contributed by atoms with van der Waals surface area (Å²) in [6, 6.07) is 9.65. The van der Waals surface area contributed by atoms with E-state index in [0.717, 1.165) is 12.5 Å². The fourth-order valence-electron chi connectivity index (χ4n) is 5.93. The highest BCUT2D eigenvalue weighted by Gasteiger charge is 2.44. The summed E-state index contributed by atoms with van der Waals surface area (Å²) in [5.74, 6) is 1.08. The molecule has 0 radical (unpaired) electrons. The van der Waals surface area contributed by atoms with Gasteiger partial charge in [-0.15, -0.1) is 11.3 Å². The number of thiophene rings is 1. The number of hydrogen-bond acceptors (Lipinski definition) is 3. The zero-order valence-corrected chi connectivity index (χ0v) is 16.9. The van der Waals surface area contributed by atoms with Crippen LogP contribution in [0.2, 0.25) is 0 Å². The third-order valence-corrected chi connectivity index (χ3v) is 8.03. The monoisotopic (exact) mass is 382 g/mol. The SMILES string of the molecule is O=C(Cc1cccc2sccc12)N1CCC[C@H]2CCC[C@H](N3CCCC3)[C@H]21. The second kappa shape index (κ2) is 7.56. The van der Waals surface area contributed by atoms with Gasteiger partial charge >= 0.3 is 0 Å². The predicted molar refractivity (Wildman–Crippen MR) is 112 cm³/mol. The van der Waals surface area contributed by atoms with Gasteiger partial charge in [-0.25, -0.2) is 0 Å². The molecule has 3 fully saturated rings. The van der Waals surface area contributed by atoms with E-state index in [9.17, 15) is 4.79 Å². The number of amides is 1. The van der Waals surface area contributed by atoms with Crippen molar-refractivity contribution in [2.75, 3.05) is 19.6 Å². The van der Waals surface area contributed by atoms with Gasteiger partial charge in [0.25, 0.3) is 0 Å². The number of benzene rings is 1. The minimum Gasteiger partial charge on any atom is -0.338 e. The molecule has 1 aromatic heterocycles. The zero-order chi connectivity index (χ0) is 18.2. The fraction of sp³-hybridized carbons (Fsp3) is 0.609. The normalized spacial score (nSPS) is 29.2. The molecular formula is C23H30N2OS. The van der Waals surface area contributed by atoms with E-state index in [-0.39, 0.29) is 0 Å². The van der Waals surface area contributed by atoms with Crippen LogP contribution >= 0.6 is 11.3 Å². The van der Waals surface area contributed by atoms with Crippen LogP contribution in [0.4, 0.5) is 0 Å². The quantitative estimate of drug-likeness (QED) is 0.768. The van der Waals surface area contributed by atoms with Crippen LogP contribution in [0, 0.1) is 5.92 Å². The number of hydrogen-bond donors (Lipinski definition) is 0. The molecular weight excluding hydrogens is 352 g/mol. The van der Waals surface area contributed by atoms with E-state index in [4.69, 9.17) is 0 Å². The summed E-state index contributed by atoms with van der Waals surface area (Å²) in [6.07, 6.45) is 9.68. The van der Waals surface area contributed by atoms with Crippen molar-refractivity contribution in [1.82, 2.24) is 9.80 Å². The Morgan fingerprint density at radius 1 is 1.00 bits per heavy atom. The summed E-state index contributed by atoms with van der Waals surface area (Å²) in [6.45, 7) is 3.44. The Labute approximate surface area is 166 Å². The average Bonchev–Trinajstić information content (AvgIpc) is 3.39. The largest absolute Gasteiger partial charge is 0.338 e. The van der Waals surface area contributed by atoms with Gasteiger partial charge in [0.05, 0.1) is 12.5 Å². The maximum atomic E-state index is 13.5. The number of rotatable bonds is 3. The van der Waals surface area contributed by atoms with Crippen LogP contribution in [-0.4, -0.2) is 47.4 Å². The van der Waals surface area contributed by atoms with Gasteiger partial charge in [-0.2, -0.15) is 0 Å². The van der Waals surface area contributed by atoms with Crippen molar-refractivity contribution < 1.29 is 4.79 Å². The summed E-state index contributed by atoms with van der Waals surface area (Å²) in [5.41, 5.74) is 1.20. The van der Waals surface area contributed by atoms with Gasteiger partial charge in [0.1, 0.15) is 0 Å². The molecule has 5 rings (SSSR count). The first-order valence-corrected chi connectivity index (χ1v) is 11.7. The van der Waals surface area contributed by atoms with Crippen molar-refractivity contribution in [3.8, 4) is 0 Å². The maximum Gasteiger partial charge on any atom is 0.227 e. The highest BCUT2D eigenvalue weighted by atomic mass is 32.1. The van der Waals surface area contributed by atoms with Crippen LogP contribution in [0.25, 0.3) is 10.1 Å². The molecule has 3 heterocycles. The summed E-state index contributed by atoms with van der Waals surface area (Å²) < 4.78 is 1.30. The topological polar surface area (TPSA) is 23.6 Å². The molecule has 0 N–H and O–H groups in total. The van der Waals surface area contributed by atoms with Crippen LogP contribution in [0.5, 0.6) is 0 Å². The Hall–Kier alpha value is -1.39. The van der Waals surface area contributed by atoms with E-state index < -0.39 is 0 Å². The Bertz CT molecular complexity index is 808. The van der Waals surface area contributed by atoms with Crippen molar-refractivity contribution in [2.45, 2.75) is 63.5 Å². The molecule has 1 aliphatic carbocycles. The molecule has 2 aromatic rings. The van der Waals surface area contributed by atoms with Gasteiger partial charge in [-0.05, 0) is 86.0 Å². The molecule has 0 bridgehead atoms. The number of piperidine rings is 1. The number of nitrogens with zero attached hydrogens (tertiary/aromatic N) is 2. The Morgan fingerprint density at radius 2 is 1.85 bits per heavy atom. The molecule has 144 valence electrons. The average molecular weight is 383 g/mol. The maximum absolute atomic E-state index is 13.5. The molecule has 27 heavy (non-hydrogen) atoms. The van der Waals surface area contributed by atoms with Crippen molar-refractivity contribution in [3.63, 3.8) is 0 Å². The number of carbonyl (C=O) groups is 1. The van der Waals surface area contributed by atoms with Crippen LogP contribution in [0.1, 0.15) is 50.5 Å². The molecule has 4 heteroatoms. The van der Waals surface area contributed by atoms with Crippen LogP contribution < -0.4 is 0 Å². The molecule has 3 atom stereocenters. The van der Waals surface area contributed by atoms with Crippen molar-refractivity contribution in [1.29, 1.82) is 0 Å². The lowest BCUT2D eigenvalue weighted by atomic mass is 9.74. The first-order chi connectivity index (χ1) is 13.3. The van der Waals surface area contributed by atoms with Crippen LogP contribution in [-0.2, 0) is 11.2 Å². The lowest BCUT2D eigenvalue weighted by Gasteiger charge is -2.51. The number of likely N-dealkylation sites (tertiary alicyclic amines) is 2. The molecule has 2 saturated heterocycles. The third-order valence-electron chi connectivity index (χ3n) is 7.14. The van der Waals surface area contributed by atoms with E-state index in [1.807, 2.05) is 0 Å². The minimum absolute atomic E-state index is 0.356. The van der Waals surface area contributed by atoms with E-state index >= 15 is 0 Å². The van der Waals surface area contributed by atoms with Gasteiger partial charge in [0.2, 0.25) is 5.91 Å². The molecule has 0 unspecified atom stereocenters. The van der Waals surface area contributed by atoms with E-state index in [2.05, 4.69) is 39.4 Å². The van der Waals surface area contributed by atoms with Gasteiger partial charge in [-0.1, -0.05) is 18.6 Å². The number of carbonyl (C=O) groups excluding carboxylic acids is 1. The Morgan fingerprint density at radius 3 is 2.74 bits per heavy atom. The third kappa shape index (κ3) is 3.31. The molecule has 3 aliphatic rings. The molecule has 3 nitrogen and oxygen atoms in total. The van der Waals surface area contributed by atoms with Gasteiger partial charge in [0.15, 0.2) is 0 Å². The van der Waals surface area contributed by atoms with Gasteiger partial charge < -0.3 is 4.90 Å². The van der Waals surface area contributed by atoms with Crippen LogP contribution in [0.3, 0.4) is 0 Å². The van der Waals surface area contributed by atoms with E-state index in [1.165, 1.54) is 73.7 Å². The fourth-order valence-corrected chi connectivity index (χ4v) is 6.77. The highest BCUT2D eigenvalue weighted by molar-refractivity contribution is 7.17.